The van der Waals surface area contributed by atoms with Crippen LogP contribution in [0.2, 0.25) is 0 Å². The molecule has 0 atom stereocenters. The Morgan fingerprint density at radius 1 is 1.06 bits per heavy atom. The van der Waals surface area contributed by atoms with Crippen LogP contribution in [-0.2, 0) is 20.2 Å². The molecule has 0 saturated heterocycles. The molecule has 1 aromatic carbocycles. The average Bonchev–Trinajstić information content (AvgIpc) is 2.14. The molecule has 0 bridgehead atoms. The first-order chi connectivity index (χ1) is 7.16. The normalized spacial score (nSPS) is 11.4. The lowest BCUT2D eigenvalue weighted by Gasteiger charge is -1.97. The fourth-order valence-electron chi connectivity index (χ4n) is 0.944. The van der Waals surface area contributed by atoms with Gasteiger partial charge in [0.15, 0.2) is 9.87 Å². The molecule has 0 spiro atoms. The lowest BCUT2D eigenvalue weighted by Crippen LogP contribution is -3.00. The standard InChI is InChI=1S/C6H4N2O6S2.ClH/c7-8-5-2-1-4(15(9,10)11)3-6(5)16(12,13)14;/h1-3H,(H-,9,10,11,12,13,14);1H. The minimum absolute atomic E-state index is 0. The SMILES string of the molecule is N#[N+]c1ccc(S(=O)(=O)O)cc1S(=O)(=O)O.[Cl-]. The molecule has 17 heavy (non-hydrogen) atoms. The van der Waals surface area contributed by atoms with E-state index in [2.05, 4.69) is 4.98 Å². The molecule has 11 heteroatoms. The molecule has 0 heterocycles. The van der Waals surface area contributed by atoms with Gasteiger partial charge in [-0.15, -0.1) is 0 Å². The monoisotopic (exact) mass is 300 g/mol. The van der Waals surface area contributed by atoms with Crippen molar-refractivity contribution in [2.24, 2.45) is 0 Å². The Kier molecular flexibility index (Phi) is 4.58. The van der Waals surface area contributed by atoms with E-state index in [1.807, 2.05) is 0 Å². The molecule has 0 fully saturated rings. The Balaban J connectivity index is 0.00000256. The van der Waals surface area contributed by atoms with Crippen molar-refractivity contribution in [3.8, 4) is 0 Å². The van der Waals surface area contributed by atoms with Crippen molar-refractivity contribution < 1.29 is 38.3 Å². The number of hydrogen-bond acceptors (Lipinski definition) is 5. The second-order valence-electron chi connectivity index (χ2n) is 2.68. The zero-order valence-electron chi connectivity index (χ0n) is 7.85. The highest BCUT2D eigenvalue weighted by Gasteiger charge is 2.27. The highest BCUT2D eigenvalue weighted by molar-refractivity contribution is 7.86. The van der Waals surface area contributed by atoms with E-state index in [4.69, 9.17) is 14.5 Å². The zero-order valence-corrected chi connectivity index (χ0v) is 10.2. The van der Waals surface area contributed by atoms with Gasteiger partial charge in [-0.3, -0.25) is 9.11 Å². The fraction of sp³-hybridized carbons (Fsp3) is 0. The molecule has 2 N–H and O–H groups in total. The largest absolute Gasteiger partial charge is 1.00 e. The van der Waals surface area contributed by atoms with Crippen molar-refractivity contribution in [3.05, 3.63) is 23.2 Å². The van der Waals surface area contributed by atoms with Crippen LogP contribution in [0.5, 0.6) is 0 Å². The van der Waals surface area contributed by atoms with E-state index in [1.165, 1.54) is 0 Å². The van der Waals surface area contributed by atoms with Crippen molar-refractivity contribution >= 4 is 25.9 Å². The summed E-state index contributed by atoms with van der Waals surface area (Å²) >= 11 is 0. The molecule has 0 saturated carbocycles. The Hall–Kier alpha value is -1.25. The van der Waals surface area contributed by atoms with Gasteiger partial charge in [0.05, 0.1) is 4.90 Å². The first-order valence-electron chi connectivity index (χ1n) is 3.60. The number of benzene rings is 1. The molecule has 0 aliphatic rings. The van der Waals surface area contributed by atoms with E-state index >= 15 is 0 Å². The maximum absolute atomic E-state index is 10.8. The van der Waals surface area contributed by atoms with Gasteiger partial charge in [-0.2, -0.15) is 16.8 Å². The van der Waals surface area contributed by atoms with Gasteiger partial charge in [-0.25, -0.2) is 0 Å². The van der Waals surface area contributed by atoms with Crippen LogP contribution < -0.4 is 12.4 Å². The summed E-state index contributed by atoms with van der Waals surface area (Å²) in [7, 11) is -9.37. The third-order valence-corrected chi connectivity index (χ3v) is 3.35. The van der Waals surface area contributed by atoms with Crippen LogP contribution in [0.4, 0.5) is 5.69 Å². The van der Waals surface area contributed by atoms with E-state index < -0.39 is 35.7 Å². The summed E-state index contributed by atoms with van der Waals surface area (Å²) in [6, 6.07) is 2.10. The minimum atomic E-state index is -4.76. The van der Waals surface area contributed by atoms with Crippen LogP contribution in [0.1, 0.15) is 0 Å². The molecule has 8 nitrogen and oxygen atoms in total. The van der Waals surface area contributed by atoms with Crippen LogP contribution in [0.15, 0.2) is 28.0 Å². The van der Waals surface area contributed by atoms with E-state index in [0.717, 1.165) is 12.1 Å². The summed E-state index contributed by atoms with van der Waals surface area (Å²) < 4.78 is 60.4. The molecule has 0 aliphatic heterocycles. The highest BCUT2D eigenvalue weighted by atomic mass is 35.5. The smallest absolute Gasteiger partial charge is 0.406 e. The third kappa shape index (κ3) is 3.62. The summed E-state index contributed by atoms with van der Waals surface area (Å²) in [5.41, 5.74) is -0.546. The molecule has 94 valence electrons. The molecular weight excluding hydrogens is 296 g/mol. The second-order valence-corrected chi connectivity index (χ2v) is 5.49. The van der Waals surface area contributed by atoms with Crippen molar-refractivity contribution in [2.75, 3.05) is 0 Å². The summed E-state index contributed by atoms with van der Waals surface area (Å²) in [6.45, 7) is 0. The number of nitrogens with zero attached hydrogens (tertiary/aromatic N) is 2. The zero-order chi connectivity index (χ0) is 12.6. The highest BCUT2D eigenvalue weighted by Crippen LogP contribution is 2.26. The van der Waals surface area contributed by atoms with Crippen LogP contribution in [0.3, 0.4) is 0 Å². The Labute approximate surface area is 103 Å². The van der Waals surface area contributed by atoms with Crippen LogP contribution in [-0.4, -0.2) is 25.9 Å². The quantitative estimate of drug-likeness (QED) is 0.461. The molecule has 1 aromatic rings. The van der Waals surface area contributed by atoms with Crippen molar-refractivity contribution in [1.29, 1.82) is 5.39 Å². The van der Waals surface area contributed by atoms with Crippen LogP contribution in [0, 0.1) is 5.39 Å². The van der Waals surface area contributed by atoms with Crippen molar-refractivity contribution in [2.45, 2.75) is 9.79 Å². The van der Waals surface area contributed by atoms with Crippen molar-refractivity contribution in [1.82, 2.24) is 0 Å². The first-order valence-corrected chi connectivity index (χ1v) is 6.48. The first kappa shape index (κ1) is 15.8. The van der Waals surface area contributed by atoms with E-state index in [-0.39, 0.29) is 12.4 Å². The summed E-state index contributed by atoms with van der Waals surface area (Å²) in [6.07, 6.45) is 0. The summed E-state index contributed by atoms with van der Waals surface area (Å²) in [5.74, 6) is 0. The molecule has 0 unspecified atom stereocenters. The van der Waals surface area contributed by atoms with Gasteiger partial charge in [-0.05, 0) is 12.1 Å². The maximum atomic E-state index is 10.8. The fourth-order valence-corrected chi connectivity index (χ4v) is 2.17. The molecule has 0 aromatic heterocycles. The second kappa shape index (κ2) is 4.94. The Morgan fingerprint density at radius 2 is 1.59 bits per heavy atom. The number of rotatable bonds is 2. The lowest BCUT2D eigenvalue weighted by molar-refractivity contribution is -0.0000118. The predicted molar refractivity (Wildman–Crippen MR) is 50.8 cm³/mol. The summed E-state index contributed by atoms with van der Waals surface area (Å²) in [4.78, 5) is 0.876. The number of hydrogen-bond donors (Lipinski definition) is 2. The topological polar surface area (TPSA) is 137 Å². The number of diazo groups is 1. The van der Waals surface area contributed by atoms with Gasteiger partial charge in [0.1, 0.15) is 0 Å². The molecule has 0 radical (unpaired) electrons. The van der Waals surface area contributed by atoms with E-state index in [0.29, 0.717) is 6.07 Å². The van der Waals surface area contributed by atoms with E-state index in [9.17, 15) is 16.8 Å². The van der Waals surface area contributed by atoms with Crippen LogP contribution in [0.25, 0.3) is 4.98 Å². The van der Waals surface area contributed by atoms with E-state index in [1.54, 1.807) is 0 Å². The molecular formula is C6H5ClN2O6S2. The van der Waals surface area contributed by atoms with Gasteiger partial charge < -0.3 is 12.4 Å². The summed E-state index contributed by atoms with van der Waals surface area (Å²) in [5, 5.41) is 8.41. The molecule has 1 rings (SSSR count). The predicted octanol–water partition coefficient (Wildman–Crippen LogP) is -2.33. The van der Waals surface area contributed by atoms with Gasteiger partial charge in [0, 0.05) is 6.07 Å². The minimum Gasteiger partial charge on any atom is -1.00 e. The Morgan fingerprint density at radius 3 is 1.94 bits per heavy atom. The lowest BCUT2D eigenvalue weighted by atomic mass is 10.3. The van der Waals surface area contributed by atoms with Crippen LogP contribution >= 0.6 is 0 Å². The average molecular weight is 301 g/mol. The molecule has 0 amide bonds. The van der Waals surface area contributed by atoms with Gasteiger partial charge >= 0.3 is 15.8 Å². The number of halogens is 1. The molecule has 0 aliphatic carbocycles. The van der Waals surface area contributed by atoms with Gasteiger partial charge in [0.2, 0.25) is 5.39 Å². The van der Waals surface area contributed by atoms with Crippen molar-refractivity contribution in [3.63, 3.8) is 0 Å². The maximum Gasteiger partial charge on any atom is 0.406 e. The van der Waals surface area contributed by atoms with Gasteiger partial charge in [-0.1, -0.05) is 0 Å². The third-order valence-electron chi connectivity index (χ3n) is 1.61. The van der Waals surface area contributed by atoms with Gasteiger partial charge in [0.25, 0.3) is 10.1 Å². The Bertz CT molecular complexity index is 675.